The summed E-state index contributed by atoms with van der Waals surface area (Å²) >= 11 is 12.2. The Hall–Kier alpha value is -0.490. The van der Waals surface area contributed by atoms with Crippen molar-refractivity contribution in [1.82, 2.24) is 4.72 Å². The zero-order chi connectivity index (χ0) is 16.2. The highest BCUT2D eigenvalue weighted by Gasteiger charge is 2.24. The molecule has 0 radical (unpaired) electrons. The molecule has 0 bridgehead atoms. The quantitative estimate of drug-likeness (QED) is 0.786. The number of benzene rings is 1. The van der Waals surface area contributed by atoms with Gasteiger partial charge in [0.25, 0.3) is 0 Å². The Morgan fingerprint density at radius 1 is 1.14 bits per heavy atom. The highest BCUT2D eigenvalue weighted by atomic mass is 35.5. The van der Waals surface area contributed by atoms with Crippen molar-refractivity contribution in [2.45, 2.75) is 56.4 Å². The number of ether oxygens (including phenoxy) is 1. The molecule has 1 fully saturated rings. The van der Waals surface area contributed by atoms with Crippen LogP contribution in [0.25, 0.3) is 0 Å². The molecule has 1 aromatic rings. The third kappa shape index (κ3) is 4.51. The van der Waals surface area contributed by atoms with Gasteiger partial charge in [0.1, 0.15) is 10.6 Å². The molecule has 0 aliphatic heterocycles. The molecule has 0 unspecified atom stereocenters. The Bertz CT molecular complexity index is 611. The molecule has 1 saturated carbocycles. The van der Waals surface area contributed by atoms with Crippen LogP contribution in [0.4, 0.5) is 0 Å². The molecule has 1 aliphatic carbocycles. The number of nitrogens with one attached hydrogen (secondary N) is 1. The number of sulfonamides is 1. The van der Waals surface area contributed by atoms with Gasteiger partial charge < -0.3 is 4.74 Å². The van der Waals surface area contributed by atoms with E-state index in [0.717, 1.165) is 38.5 Å². The van der Waals surface area contributed by atoms with E-state index in [2.05, 4.69) is 4.72 Å². The van der Waals surface area contributed by atoms with E-state index in [1.807, 2.05) is 6.92 Å². The molecule has 22 heavy (non-hydrogen) atoms. The summed E-state index contributed by atoms with van der Waals surface area (Å²) in [4.78, 5) is 0.00636. The Balaban J connectivity index is 2.23. The van der Waals surface area contributed by atoms with Gasteiger partial charge in [-0.15, -0.1) is 0 Å². The molecule has 4 nitrogen and oxygen atoms in total. The predicted molar refractivity (Wildman–Crippen MR) is 89.4 cm³/mol. The number of hydrogen-bond acceptors (Lipinski definition) is 3. The van der Waals surface area contributed by atoms with Crippen molar-refractivity contribution < 1.29 is 13.2 Å². The maximum Gasteiger partial charge on any atom is 0.242 e. The minimum Gasteiger partial charge on any atom is -0.492 e. The van der Waals surface area contributed by atoms with Crippen LogP contribution in [0, 0.1) is 0 Å². The molecule has 0 atom stereocenters. The van der Waals surface area contributed by atoms with E-state index < -0.39 is 10.0 Å². The highest BCUT2D eigenvalue weighted by Crippen LogP contribution is 2.34. The fourth-order valence-electron chi connectivity index (χ4n) is 2.66. The lowest BCUT2D eigenvalue weighted by Gasteiger charge is -2.17. The zero-order valence-corrected chi connectivity index (χ0v) is 14.9. The second-order valence-corrected chi connectivity index (χ2v) is 7.95. The van der Waals surface area contributed by atoms with Crippen molar-refractivity contribution in [2.24, 2.45) is 0 Å². The molecule has 1 N–H and O–H groups in total. The molecule has 0 saturated heterocycles. The van der Waals surface area contributed by atoms with Crippen LogP contribution in [0.5, 0.6) is 5.75 Å². The van der Waals surface area contributed by atoms with Crippen LogP contribution in [0.15, 0.2) is 17.0 Å². The molecular formula is C15H21Cl2NO3S. The molecule has 124 valence electrons. The third-order valence-corrected chi connectivity index (χ3v) is 6.03. The van der Waals surface area contributed by atoms with E-state index in [1.165, 1.54) is 12.1 Å². The maximum absolute atomic E-state index is 12.6. The standard InChI is InChI=1S/C15H21Cl2NO3S/c1-2-21-14-9-13(17)15(10-12(14)16)22(19,20)18-11-7-5-3-4-6-8-11/h9-11,18H,2-8H2,1H3. The zero-order valence-electron chi connectivity index (χ0n) is 12.6. The van der Waals surface area contributed by atoms with Crippen LogP contribution in [0.3, 0.4) is 0 Å². The van der Waals surface area contributed by atoms with Gasteiger partial charge in [-0.25, -0.2) is 13.1 Å². The average molecular weight is 366 g/mol. The van der Waals surface area contributed by atoms with Crippen molar-refractivity contribution >= 4 is 33.2 Å². The summed E-state index contributed by atoms with van der Waals surface area (Å²) in [7, 11) is -3.68. The fourth-order valence-corrected chi connectivity index (χ4v) is 4.79. The van der Waals surface area contributed by atoms with Crippen LogP contribution in [0.1, 0.15) is 45.4 Å². The van der Waals surface area contributed by atoms with Crippen molar-refractivity contribution in [1.29, 1.82) is 0 Å². The molecule has 0 aromatic heterocycles. The first-order valence-electron chi connectivity index (χ1n) is 7.58. The predicted octanol–water partition coefficient (Wildman–Crippen LogP) is 4.39. The summed E-state index contributed by atoms with van der Waals surface area (Å²) in [5.41, 5.74) is 0. The summed E-state index contributed by atoms with van der Waals surface area (Å²) in [5, 5.41) is 0.362. The lowest BCUT2D eigenvalue weighted by molar-refractivity contribution is 0.340. The van der Waals surface area contributed by atoms with Crippen molar-refractivity contribution in [3.63, 3.8) is 0 Å². The van der Waals surface area contributed by atoms with Crippen LogP contribution >= 0.6 is 23.2 Å². The SMILES string of the molecule is CCOc1cc(Cl)c(S(=O)(=O)NC2CCCCCC2)cc1Cl. The molecule has 0 spiro atoms. The summed E-state index contributed by atoms with van der Waals surface area (Å²) in [6.07, 6.45) is 6.14. The van der Waals surface area contributed by atoms with Gasteiger partial charge in [0.05, 0.1) is 16.7 Å². The molecule has 0 amide bonds. The Labute approximate surface area is 142 Å². The molecule has 7 heteroatoms. The van der Waals surface area contributed by atoms with Crippen LogP contribution in [0.2, 0.25) is 10.0 Å². The summed E-state index contributed by atoms with van der Waals surface area (Å²) in [5.74, 6) is 0.391. The largest absolute Gasteiger partial charge is 0.492 e. The van der Waals surface area contributed by atoms with Crippen molar-refractivity contribution in [3.8, 4) is 5.75 Å². The first kappa shape index (κ1) is 17.9. The van der Waals surface area contributed by atoms with Gasteiger partial charge in [0.15, 0.2) is 0 Å². The van der Waals surface area contributed by atoms with E-state index >= 15 is 0 Å². The second kappa shape index (κ2) is 7.86. The van der Waals surface area contributed by atoms with Crippen LogP contribution in [-0.2, 0) is 10.0 Å². The van der Waals surface area contributed by atoms with Gasteiger partial charge in [-0.2, -0.15) is 0 Å². The second-order valence-electron chi connectivity index (χ2n) is 5.46. The smallest absolute Gasteiger partial charge is 0.242 e. The maximum atomic E-state index is 12.6. The Morgan fingerprint density at radius 3 is 2.36 bits per heavy atom. The van der Waals surface area contributed by atoms with Crippen molar-refractivity contribution in [2.75, 3.05) is 6.61 Å². The van der Waals surface area contributed by atoms with Crippen molar-refractivity contribution in [3.05, 3.63) is 22.2 Å². The average Bonchev–Trinajstić information content (AvgIpc) is 2.70. The normalized spacial score (nSPS) is 17.2. The minimum atomic E-state index is -3.68. The fraction of sp³-hybridized carbons (Fsp3) is 0.600. The topological polar surface area (TPSA) is 55.4 Å². The molecular weight excluding hydrogens is 345 g/mol. The molecule has 1 aliphatic rings. The lowest BCUT2D eigenvalue weighted by atomic mass is 10.1. The van der Waals surface area contributed by atoms with Crippen LogP contribution < -0.4 is 9.46 Å². The number of rotatable bonds is 5. The first-order chi connectivity index (χ1) is 10.4. The van der Waals surface area contributed by atoms with Gasteiger partial charge in [-0.3, -0.25) is 0 Å². The van der Waals surface area contributed by atoms with Gasteiger partial charge in [-0.1, -0.05) is 48.9 Å². The Morgan fingerprint density at radius 2 is 1.77 bits per heavy atom. The molecule has 2 rings (SSSR count). The molecule has 1 aromatic carbocycles. The third-order valence-electron chi connectivity index (χ3n) is 3.75. The van der Waals surface area contributed by atoms with Gasteiger partial charge >= 0.3 is 0 Å². The number of hydrogen-bond donors (Lipinski definition) is 1. The van der Waals surface area contributed by atoms with Gasteiger partial charge in [0, 0.05) is 12.1 Å². The summed E-state index contributed by atoms with van der Waals surface area (Å²) in [6, 6.07) is 2.78. The van der Waals surface area contributed by atoms with Crippen LogP contribution in [-0.4, -0.2) is 21.1 Å². The Kier molecular flexibility index (Phi) is 6.38. The van der Waals surface area contributed by atoms with E-state index in [4.69, 9.17) is 27.9 Å². The van der Waals surface area contributed by atoms with Gasteiger partial charge in [0.2, 0.25) is 10.0 Å². The van der Waals surface area contributed by atoms with E-state index in [-0.39, 0.29) is 21.0 Å². The summed E-state index contributed by atoms with van der Waals surface area (Å²) < 4.78 is 33.2. The lowest BCUT2D eigenvalue weighted by Crippen LogP contribution is -2.34. The highest BCUT2D eigenvalue weighted by molar-refractivity contribution is 7.89. The monoisotopic (exact) mass is 365 g/mol. The van der Waals surface area contributed by atoms with E-state index in [1.54, 1.807) is 0 Å². The summed E-state index contributed by atoms with van der Waals surface area (Å²) in [6.45, 7) is 2.25. The minimum absolute atomic E-state index is 0.00636. The molecule has 0 heterocycles. The first-order valence-corrected chi connectivity index (χ1v) is 9.82. The van der Waals surface area contributed by atoms with E-state index in [9.17, 15) is 8.42 Å². The number of halogens is 2. The van der Waals surface area contributed by atoms with E-state index in [0.29, 0.717) is 12.4 Å². The van der Waals surface area contributed by atoms with Gasteiger partial charge in [-0.05, 0) is 25.8 Å².